The molecule has 3 N–H and O–H groups in total. The standard InChI is InChI=1S/C11H16N4O/c1-8(12)10-3-2-9(6-14-10)15-5-4-13-11(16)7-15/h2-3,6,8H,4-5,7,12H2,1H3,(H,13,16)/t8-/m0/s1. The first-order valence-electron chi connectivity index (χ1n) is 5.40. The molecule has 0 bridgehead atoms. The molecule has 0 spiro atoms. The van der Waals surface area contributed by atoms with Crippen molar-refractivity contribution in [1.82, 2.24) is 10.3 Å². The lowest BCUT2D eigenvalue weighted by Gasteiger charge is -2.28. The average molecular weight is 220 g/mol. The van der Waals surface area contributed by atoms with E-state index < -0.39 is 0 Å². The highest BCUT2D eigenvalue weighted by Gasteiger charge is 2.16. The predicted molar refractivity (Wildman–Crippen MR) is 62.1 cm³/mol. The minimum atomic E-state index is -0.0568. The quantitative estimate of drug-likeness (QED) is 0.738. The molecule has 1 aromatic heterocycles. The van der Waals surface area contributed by atoms with Crippen molar-refractivity contribution in [2.24, 2.45) is 5.73 Å². The monoisotopic (exact) mass is 220 g/mol. The van der Waals surface area contributed by atoms with Crippen molar-refractivity contribution in [3.05, 3.63) is 24.0 Å². The lowest BCUT2D eigenvalue weighted by molar-refractivity contribution is -0.120. The summed E-state index contributed by atoms with van der Waals surface area (Å²) < 4.78 is 0. The van der Waals surface area contributed by atoms with E-state index >= 15 is 0 Å². The molecule has 2 rings (SSSR count). The van der Waals surface area contributed by atoms with Gasteiger partial charge in [0.1, 0.15) is 0 Å². The third kappa shape index (κ3) is 2.30. The summed E-state index contributed by atoms with van der Waals surface area (Å²) in [5, 5.41) is 2.79. The van der Waals surface area contributed by atoms with Crippen molar-refractivity contribution >= 4 is 11.6 Å². The fourth-order valence-electron chi connectivity index (χ4n) is 1.71. The molecule has 86 valence electrons. The molecule has 5 nitrogen and oxygen atoms in total. The molecule has 0 aromatic carbocycles. The Bertz CT molecular complexity index is 374. The number of amides is 1. The van der Waals surface area contributed by atoms with E-state index in [4.69, 9.17) is 5.73 Å². The van der Waals surface area contributed by atoms with Crippen LogP contribution in [0.3, 0.4) is 0 Å². The van der Waals surface area contributed by atoms with Crippen LogP contribution in [0.4, 0.5) is 5.69 Å². The number of anilines is 1. The molecule has 1 aromatic rings. The Morgan fingerprint density at radius 3 is 2.94 bits per heavy atom. The summed E-state index contributed by atoms with van der Waals surface area (Å²) in [7, 11) is 0. The van der Waals surface area contributed by atoms with E-state index in [1.54, 1.807) is 6.20 Å². The number of aromatic nitrogens is 1. The van der Waals surface area contributed by atoms with E-state index in [0.29, 0.717) is 13.1 Å². The minimum Gasteiger partial charge on any atom is -0.359 e. The molecule has 5 heteroatoms. The van der Waals surface area contributed by atoms with Crippen molar-refractivity contribution in [3.8, 4) is 0 Å². The van der Waals surface area contributed by atoms with E-state index in [9.17, 15) is 4.79 Å². The summed E-state index contributed by atoms with van der Waals surface area (Å²) in [6.45, 7) is 3.81. The number of carbonyl (C=O) groups is 1. The summed E-state index contributed by atoms with van der Waals surface area (Å²) in [4.78, 5) is 17.5. The second kappa shape index (κ2) is 4.49. The van der Waals surface area contributed by atoms with Crippen LogP contribution >= 0.6 is 0 Å². The van der Waals surface area contributed by atoms with E-state index in [2.05, 4.69) is 10.3 Å². The molecule has 0 aliphatic carbocycles. The maximum absolute atomic E-state index is 11.2. The summed E-state index contributed by atoms with van der Waals surface area (Å²) in [6.07, 6.45) is 1.78. The Labute approximate surface area is 94.6 Å². The second-order valence-corrected chi connectivity index (χ2v) is 4.00. The van der Waals surface area contributed by atoms with Gasteiger partial charge in [-0.3, -0.25) is 9.78 Å². The van der Waals surface area contributed by atoms with Crippen molar-refractivity contribution in [2.45, 2.75) is 13.0 Å². The molecule has 1 saturated heterocycles. The molecule has 2 heterocycles. The van der Waals surface area contributed by atoms with E-state index in [1.165, 1.54) is 0 Å². The molecule has 0 unspecified atom stereocenters. The zero-order valence-electron chi connectivity index (χ0n) is 9.31. The topological polar surface area (TPSA) is 71.2 Å². The zero-order chi connectivity index (χ0) is 11.5. The Morgan fingerprint density at radius 1 is 1.56 bits per heavy atom. The molecule has 1 fully saturated rings. The molecule has 1 aliphatic heterocycles. The number of nitrogens with two attached hydrogens (primary N) is 1. The van der Waals surface area contributed by atoms with Gasteiger partial charge in [-0.15, -0.1) is 0 Å². The lowest BCUT2D eigenvalue weighted by Crippen LogP contribution is -2.47. The maximum Gasteiger partial charge on any atom is 0.239 e. The summed E-state index contributed by atoms with van der Waals surface area (Å²) in [6, 6.07) is 3.82. The smallest absolute Gasteiger partial charge is 0.239 e. The van der Waals surface area contributed by atoms with Gasteiger partial charge in [-0.1, -0.05) is 0 Å². The predicted octanol–water partition coefficient (Wildman–Crippen LogP) is 0.0375. The van der Waals surface area contributed by atoms with Crippen LogP contribution in [0.15, 0.2) is 18.3 Å². The molecule has 0 saturated carbocycles. The highest BCUT2D eigenvalue weighted by Crippen LogP contribution is 2.15. The summed E-state index contributed by atoms with van der Waals surface area (Å²) >= 11 is 0. The normalized spacial score (nSPS) is 18.1. The molecular weight excluding hydrogens is 204 g/mol. The first-order chi connectivity index (χ1) is 7.66. The van der Waals surface area contributed by atoms with Gasteiger partial charge in [0.05, 0.1) is 24.1 Å². The molecule has 1 atom stereocenters. The number of hydrogen-bond donors (Lipinski definition) is 2. The summed E-state index contributed by atoms with van der Waals surface area (Å²) in [5.74, 6) is 0.0579. The van der Waals surface area contributed by atoms with Gasteiger partial charge < -0.3 is 16.0 Å². The van der Waals surface area contributed by atoms with Gasteiger partial charge in [-0.25, -0.2) is 0 Å². The van der Waals surface area contributed by atoms with Gasteiger partial charge in [0, 0.05) is 19.1 Å². The van der Waals surface area contributed by atoms with Gasteiger partial charge in [-0.05, 0) is 19.1 Å². The second-order valence-electron chi connectivity index (χ2n) is 4.00. The van der Waals surface area contributed by atoms with Crippen LogP contribution in [0.2, 0.25) is 0 Å². The third-order valence-electron chi connectivity index (χ3n) is 2.64. The van der Waals surface area contributed by atoms with Crippen molar-refractivity contribution < 1.29 is 4.79 Å². The van der Waals surface area contributed by atoms with Crippen LogP contribution in [0.25, 0.3) is 0 Å². The summed E-state index contributed by atoms with van der Waals surface area (Å²) in [5.41, 5.74) is 7.56. The van der Waals surface area contributed by atoms with Gasteiger partial charge in [0.2, 0.25) is 5.91 Å². The Hall–Kier alpha value is -1.62. The van der Waals surface area contributed by atoms with Gasteiger partial charge in [-0.2, -0.15) is 0 Å². The average Bonchev–Trinajstić information content (AvgIpc) is 2.29. The van der Waals surface area contributed by atoms with Crippen molar-refractivity contribution in [2.75, 3.05) is 24.5 Å². The first kappa shape index (κ1) is 10.9. The van der Waals surface area contributed by atoms with Crippen molar-refractivity contribution in [1.29, 1.82) is 0 Å². The minimum absolute atomic E-state index is 0.0568. The van der Waals surface area contributed by atoms with Gasteiger partial charge >= 0.3 is 0 Å². The van der Waals surface area contributed by atoms with Crippen LogP contribution in [0.5, 0.6) is 0 Å². The van der Waals surface area contributed by atoms with E-state index in [1.807, 2.05) is 24.0 Å². The Morgan fingerprint density at radius 2 is 2.38 bits per heavy atom. The van der Waals surface area contributed by atoms with Gasteiger partial charge in [0.15, 0.2) is 0 Å². The van der Waals surface area contributed by atoms with E-state index in [0.717, 1.165) is 17.9 Å². The number of nitrogens with zero attached hydrogens (tertiary/aromatic N) is 2. The molecule has 1 aliphatic rings. The SMILES string of the molecule is C[C@H](N)c1ccc(N2CCNC(=O)C2)cn1. The highest BCUT2D eigenvalue weighted by atomic mass is 16.2. The molecule has 0 radical (unpaired) electrons. The molecular formula is C11H16N4O. The number of piperazine rings is 1. The number of nitrogens with one attached hydrogen (secondary N) is 1. The van der Waals surface area contributed by atoms with Gasteiger partial charge in [0.25, 0.3) is 0 Å². The number of carbonyl (C=O) groups excluding carboxylic acids is 1. The van der Waals surface area contributed by atoms with Crippen molar-refractivity contribution in [3.63, 3.8) is 0 Å². The Kier molecular flexibility index (Phi) is 3.05. The fourth-order valence-corrected chi connectivity index (χ4v) is 1.71. The largest absolute Gasteiger partial charge is 0.359 e. The maximum atomic E-state index is 11.2. The number of pyridine rings is 1. The van der Waals surface area contributed by atoms with Crippen LogP contribution in [0.1, 0.15) is 18.7 Å². The fraction of sp³-hybridized carbons (Fsp3) is 0.455. The third-order valence-corrected chi connectivity index (χ3v) is 2.64. The van der Waals surface area contributed by atoms with Crippen LogP contribution in [0, 0.1) is 0 Å². The number of rotatable bonds is 2. The Balaban J connectivity index is 2.11. The van der Waals surface area contributed by atoms with Crippen LogP contribution in [-0.2, 0) is 4.79 Å². The lowest BCUT2D eigenvalue weighted by atomic mass is 10.2. The molecule has 16 heavy (non-hydrogen) atoms. The first-order valence-corrected chi connectivity index (χ1v) is 5.40. The van der Waals surface area contributed by atoms with E-state index in [-0.39, 0.29) is 11.9 Å². The highest BCUT2D eigenvalue weighted by molar-refractivity contribution is 5.82. The van der Waals surface area contributed by atoms with Crippen LogP contribution < -0.4 is 16.0 Å². The molecule has 1 amide bonds. The van der Waals surface area contributed by atoms with Crippen LogP contribution in [-0.4, -0.2) is 30.5 Å². The zero-order valence-corrected chi connectivity index (χ0v) is 9.31. The number of hydrogen-bond acceptors (Lipinski definition) is 4.